The molecule has 14 heavy (non-hydrogen) atoms. The Morgan fingerprint density at radius 3 is 2.50 bits per heavy atom. The lowest BCUT2D eigenvalue weighted by Crippen LogP contribution is -2.30. The smallest absolute Gasteiger partial charge is 0.251 e. The molecule has 0 saturated carbocycles. The van der Waals surface area contributed by atoms with E-state index in [1.165, 1.54) is 0 Å². The van der Waals surface area contributed by atoms with Crippen molar-refractivity contribution in [2.24, 2.45) is 0 Å². The third kappa shape index (κ3) is 4.25. The lowest BCUT2D eigenvalue weighted by atomic mass is 10.2. The number of aliphatic hydroxyl groups is 1. The predicted molar refractivity (Wildman–Crippen MR) is 57.7 cm³/mol. The molecule has 0 aromatic heterocycles. The summed E-state index contributed by atoms with van der Waals surface area (Å²) in [7, 11) is 0. The fourth-order valence-electron chi connectivity index (χ4n) is 0.932. The lowest BCUT2D eigenvalue weighted by molar-refractivity contribution is 0.0924. The maximum Gasteiger partial charge on any atom is 0.251 e. The zero-order valence-electron chi connectivity index (χ0n) is 7.93. The van der Waals surface area contributed by atoms with Crippen molar-refractivity contribution in [2.75, 3.05) is 6.54 Å². The summed E-state index contributed by atoms with van der Waals surface area (Å²) in [4.78, 5) is 11.3. The van der Waals surface area contributed by atoms with Crippen LogP contribution in [0.15, 0.2) is 30.3 Å². The van der Waals surface area contributed by atoms with Crippen LogP contribution in [0.3, 0.4) is 0 Å². The van der Waals surface area contributed by atoms with E-state index in [4.69, 9.17) is 5.11 Å². The van der Waals surface area contributed by atoms with Gasteiger partial charge in [0.05, 0.1) is 6.10 Å². The van der Waals surface area contributed by atoms with Gasteiger partial charge in [-0.05, 0) is 19.1 Å². The van der Waals surface area contributed by atoms with Crippen molar-refractivity contribution in [3.05, 3.63) is 35.9 Å². The molecule has 1 aromatic carbocycles. The van der Waals surface area contributed by atoms with E-state index >= 15 is 0 Å². The van der Waals surface area contributed by atoms with Gasteiger partial charge in [-0.25, -0.2) is 0 Å². The van der Waals surface area contributed by atoms with Gasteiger partial charge in [-0.3, -0.25) is 4.79 Å². The summed E-state index contributed by atoms with van der Waals surface area (Å²) in [6, 6.07) is 8.93. The van der Waals surface area contributed by atoms with Gasteiger partial charge in [0.1, 0.15) is 0 Å². The van der Waals surface area contributed by atoms with Crippen molar-refractivity contribution in [2.45, 2.75) is 13.0 Å². The minimum absolute atomic E-state index is 0. The van der Waals surface area contributed by atoms with Gasteiger partial charge >= 0.3 is 0 Å². The Morgan fingerprint density at radius 2 is 2.00 bits per heavy atom. The average Bonchev–Trinajstić information content (AvgIpc) is 2.15. The predicted octanol–water partition coefficient (Wildman–Crippen LogP) is 1.22. The molecule has 78 valence electrons. The normalized spacial score (nSPS) is 11.3. The van der Waals surface area contributed by atoms with Crippen molar-refractivity contribution < 1.29 is 9.90 Å². The highest BCUT2D eigenvalue weighted by molar-refractivity contribution is 5.94. The van der Waals surface area contributed by atoms with Crippen molar-refractivity contribution in [1.82, 2.24) is 5.32 Å². The van der Waals surface area contributed by atoms with Gasteiger partial charge in [0.2, 0.25) is 0 Å². The van der Waals surface area contributed by atoms with Crippen molar-refractivity contribution in [3.8, 4) is 0 Å². The zero-order chi connectivity index (χ0) is 9.68. The monoisotopic (exact) mass is 215 g/mol. The number of rotatable bonds is 3. The van der Waals surface area contributed by atoms with E-state index in [1.807, 2.05) is 6.07 Å². The molecule has 1 amide bonds. The van der Waals surface area contributed by atoms with E-state index in [9.17, 15) is 4.79 Å². The second-order valence-electron chi connectivity index (χ2n) is 2.93. The van der Waals surface area contributed by atoms with Gasteiger partial charge in [0.25, 0.3) is 5.91 Å². The summed E-state index contributed by atoms with van der Waals surface area (Å²) in [6.45, 7) is 1.92. The number of carbonyl (C=O) groups excluding carboxylic acids is 1. The van der Waals surface area contributed by atoms with E-state index < -0.39 is 6.10 Å². The number of hydrogen-bond donors (Lipinski definition) is 2. The Bertz CT molecular complexity index is 275. The molecule has 1 atom stereocenters. The van der Waals surface area contributed by atoms with Crippen LogP contribution in [0.5, 0.6) is 0 Å². The molecule has 0 heterocycles. The fourth-order valence-corrected chi connectivity index (χ4v) is 0.932. The summed E-state index contributed by atoms with van der Waals surface area (Å²) in [5, 5.41) is 11.5. The molecule has 0 saturated heterocycles. The molecule has 0 fully saturated rings. The van der Waals surface area contributed by atoms with Crippen LogP contribution in [0.1, 0.15) is 17.3 Å². The first-order chi connectivity index (χ1) is 6.20. The molecule has 1 rings (SSSR count). The molecule has 2 N–H and O–H groups in total. The maximum absolute atomic E-state index is 11.3. The van der Waals surface area contributed by atoms with Crippen LogP contribution in [0.25, 0.3) is 0 Å². The first-order valence-corrected chi connectivity index (χ1v) is 4.21. The topological polar surface area (TPSA) is 49.3 Å². The Morgan fingerprint density at radius 1 is 1.43 bits per heavy atom. The SMILES string of the molecule is CC(O)CNC(=O)c1ccccc1.Cl. The average molecular weight is 216 g/mol. The quantitative estimate of drug-likeness (QED) is 0.797. The maximum atomic E-state index is 11.3. The van der Waals surface area contributed by atoms with Crippen molar-refractivity contribution in [3.63, 3.8) is 0 Å². The summed E-state index contributed by atoms with van der Waals surface area (Å²) < 4.78 is 0. The second-order valence-corrected chi connectivity index (χ2v) is 2.93. The van der Waals surface area contributed by atoms with Gasteiger partial charge in [-0.2, -0.15) is 0 Å². The molecule has 3 nitrogen and oxygen atoms in total. The molecule has 0 aliphatic rings. The molecule has 0 aliphatic heterocycles. The number of hydrogen-bond acceptors (Lipinski definition) is 2. The third-order valence-electron chi connectivity index (χ3n) is 1.59. The standard InChI is InChI=1S/C10H13NO2.ClH/c1-8(12)7-11-10(13)9-5-3-2-4-6-9;/h2-6,8,12H,7H2,1H3,(H,11,13);1H. The summed E-state index contributed by atoms with van der Waals surface area (Å²) in [5.74, 6) is -0.151. The molecule has 1 aromatic rings. The van der Waals surface area contributed by atoms with Crippen LogP contribution < -0.4 is 5.32 Å². The summed E-state index contributed by atoms with van der Waals surface area (Å²) in [5.41, 5.74) is 0.614. The van der Waals surface area contributed by atoms with Crippen LogP contribution in [0.4, 0.5) is 0 Å². The molecule has 0 bridgehead atoms. The summed E-state index contributed by atoms with van der Waals surface area (Å²) >= 11 is 0. The van der Waals surface area contributed by atoms with E-state index in [-0.39, 0.29) is 24.9 Å². The Balaban J connectivity index is 0.00000169. The zero-order valence-corrected chi connectivity index (χ0v) is 8.75. The molecule has 4 heteroatoms. The minimum Gasteiger partial charge on any atom is -0.392 e. The van der Waals surface area contributed by atoms with Gasteiger partial charge in [0.15, 0.2) is 0 Å². The van der Waals surface area contributed by atoms with Gasteiger partial charge in [-0.15, -0.1) is 12.4 Å². The highest BCUT2D eigenvalue weighted by atomic mass is 35.5. The van der Waals surface area contributed by atoms with Crippen LogP contribution in [-0.2, 0) is 0 Å². The van der Waals surface area contributed by atoms with E-state index in [1.54, 1.807) is 31.2 Å². The fraction of sp³-hybridized carbons (Fsp3) is 0.300. The second kappa shape index (κ2) is 6.40. The molecular weight excluding hydrogens is 202 g/mol. The third-order valence-corrected chi connectivity index (χ3v) is 1.59. The minimum atomic E-state index is -0.507. The largest absolute Gasteiger partial charge is 0.392 e. The van der Waals surface area contributed by atoms with Crippen LogP contribution in [-0.4, -0.2) is 23.7 Å². The number of nitrogens with one attached hydrogen (secondary N) is 1. The Labute approximate surface area is 89.5 Å². The number of benzene rings is 1. The molecule has 0 aliphatic carbocycles. The molecular formula is C10H14ClNO2. The van der Waals surface area contributed by atoms with Gasteiger partial charge in [-0.1, -0.05) is 18.2 Å². The van der Waals surface area contributed by atoms with Crippen molar-refractivity contribution >= 4 is 18.3 Å². The lowest BCUT2D eigenvalue weighted by Gasteiger charge is -2.06. The van der Waals surface area contributed by atoms with Crippen LogP contribution >= 0.6 is 12.4 Å². The number of halogens is 1. The van der Waals surface area contributed by atoms with Gasteiger partial charge < -0.3 is 10.4 Å². The van der Waals surface area contributed by atoms with Crippen molar-refractivity contribution in [1.29, 1.82) is 0 Å². The number of carbonyl (C=O) groups is 1. The van der Waals surface area contributed by atoms with Crippen LogP contribution in [0.2, 0.25) is 0 Å². The van der Waals surface area contributed by atoms with Crippen LogP contribution in [0, 0.1) is 0 Å². The first kappa shape index (κ1) is 12.9. The highest BCUT2D eigenvalue weighted by Crippen LogP contribution is 1.97. The van der Waals surface area contributed by atoms with E-state index in [2.05, 4.69) is 5.32 Å². The number of aliphatic hydroxyl groups excluding tert-OH is 1. The number of amides is 1. The van der Waals surface area contributed by atoms with E-state index in [0.717, 1.165) is 0 Å². The molecule has 0 spiro atoms. The van der Waals surface area contributed by atoms with Gasteiger partial charge in [0, 0.05) is 12.1 Å². The molecule has 0 radical (unpaired) electrons. The highest BCUT2D eigenvalue weighted by Gasteiger charge is 2.04. The van der Waals surface area contributed by atoms with E-state index in [0.29, 0.717) is 5.56 Å². The summed E-state index contributed by atoms with van der Waals surface area (Å²) in [6.07, 6.45) is -0.507. The molecule has 1 unspecified atom stereocenters. The Kier molecular flexibility index (Phi) is 5.92. The first-order valence-electron chi connectivity index (χ1n) is 4.21. The Hall–Kier alpha value is -1.06.